The highest BCUT2D eigenvalue weighted by molar-refractivity contribution is 7.89. The third-order valence-electron chi connectivity index (χ3n) is 4.12. The van der Waals surface area contributed by atoms with Crippen molar-refractivity contribution in [3.63, 3.8) is 0 Å². The second-order valence-electron chi connectivity index (χ2n) is 7.34. The highest BCUT2D eigenvalue weighted by Crippen LogP contribution is 2.14. The third kappa shape index (κ3) is 6.93. The number of nitrogens with one attached hydrogen (secondary N) is 3. The van der Waals surface area contributed by atoms with Crippen LogP contribution in [0, 0.1) is 11.7 Å². The minimum Gasteiger partial charge on any atom is -0.351 e. The number of anilines is 1. The SMILES string of the molecule is CC(C)CC(=O)Nc1cccc(CNC(=O)[C@H](C)NS(=O)(=O)c2ccccc2F)c1. The van der Waals surface area contributed by atoms with E-state index >= 15 is 0 Å². The predicted octanol–water partition coefficient (Wildman–Crippen LogP) is 2.79. The molecule has 1 atom stereocenters. The molecule has 0 aromatic heterocycles. The summed E-state index contributed by atoms with van der Waals surface area (Å²) in [7, 11) is -4.18. The van der Waals surface area contributed by atoms with Crippen molar-refractivity contribution in [2.24, 2.45) is 5.92 Å². The molecule has 0 aliphatic heterocycles. The van der Waals surface area contributed by atoms with E-state index in [0.29, 0.717) is 12.1 Å². The number of hydrogen-bond acceptors (Lipinski definition) is 4. The van der Waals surface area contributed by atoms with E-state index in [1.165, 1.54) is 19.1 Å². The van der Waals surface area contributed by atoms with Crippen molar-refractivity contribution in [1.29, 1.82) is 0 Å². The monoisotopic (exact) mass is 435 g/mol. The molecule has 0 aliphatic rings. The summed E-state index contributed by atoms with van der Waals surface area (Å²) in [4.78, 5) is 23.7. The Morgan fingerprint density at radius 1 is 1.03 bits per heavy atom. The van der Waals surface area contributed by atoms with Gasteiger partial charge in [-0.2, -0.15) is 4.72 Å². The van der Waals surface area contributed by atoms with Gasteiger partial charge in [0.05, 0.1) is 6.04 Å². The van der Waals surface area contributed by atoms with Crippen molar-refractivity contribution in [1.82, 2.24) is 10.0 Å². The molecular weight excluding hydrogens is 409 g/mol. The number of benzene rings is 2. The highest BCUT2D eigenvalue weighted by Gasteiger charge is 2.24. The zero-order valence-corrected chi connectivity index (χ0v) is 17.9. The second kappa shape index (κ2) is 10.3. The van der Waals surface area contributed by atoms with Gasteiger partial charge in [0, 0.05) is 18.7 Å². The Kier molecular flexibility index (Phi) is 8.08. The summed E-state index contributed by atoms with van der Waals surface area (Å²) < 4.78 is 40.5. The van der Waals surface area contributed by atoms with Crippen LogP contribution in [0.5, 0.6) is 0 Å². The first-order chi connectivity index (χ1) is 14.1. The maximum Gasteiger partial charge on any atom is 0.244 e. The summed E-state index contributed by atoms with van der Waals surface area (Å²) in [5, 5.41) is 5.43. The van der Waals surface area contributed by atoms with Gasteiger partial charge in [0.25, 0.3) is 0 Å². The molecule has 9 heteroatoms. The Balaban J connectivity index is 1.94. The number of amides is 2. The van der Waals surface area contributed by atoms with Crippen LogP contribution in [0.1, 0.15) is 32.8 Å². The smallest absolute Gasteiger partial charge is 0.244 e. The van der Waals surface area contributed by atoms with Gasteiger partial charge in [-0.1, -0.05) is 38.1 Å². The van der Waals surface area contributed by atoms with E-state index in [1.807, 2.05) is 13.8 Å². The lowest BCUT2D eigenvalue weighted by Gasteiger charge is -2.15. The van der Waals surface area contributed by atoms with Gasteiger partial charge in [-0.25, -0.2) is 12.8 Å². The molecule has 0 saturated heterocycles. The molecule has 2 amide bonds. The molecule has 0 saturated carbocycles. The van der Waals surface area contributed by atoms with E-state index < -0.39 is 32.7 Å². The van der Waals surface area contributed by atoms with E-state index in [4.69, 9.17) is 0 Å². The zero-order valence-electron chi connectivity index (χ0n) is 17.1. The molecular formula is C21H26FN3O4S. The van der Waals surface area contributed by atoms with Crippen LogP contribution in [0.3, 0.4) is 0 Å². The van der Waals surface area contributed by atoms with E-state index in [9.17, 15) is 22.4 Å². The van der Waals surface area contributed by atoms with Gasteiger partial charge >= 0.3 is 0 Å². The van der Waals surface area contributed by atoms with Gasteiger partial charge in [0.15, 0.2) is 0 Å². The predicted molar refractivity (Wildman–Crippen MR) is 113 cm³/mol. The van der Waals surface area contributed by atoms with E-state index in [-0.39, 0.29) is 18.4 Å². The van der Waals surface area contributed by atoms with Crippen molar-refractivity contribution in [2.75, 3.05) is 5.32 Å². The minimum absolute atomic E-state index is 0.0950. The fourth-order valence-corrected chi connectivity index (χ4v) is 3.98. The molecule has 0 heterocycles. The molecule has 0 bridgehead atoms. The van der Waals surface area contributed by atoms with Crippen molar-refractivity contribution >= 4 is 27.5 Å². The summed E-state index contributed by atoms with van der Waals surface area (Å²) >= 11 is 0. The quantitative estimate of drug-likeness (QED) is 0.563. The first-order valence-electron chi connectivity index (χ1n) is 9.52. The van der Waals surface area contributed by atoms with Crippen LogP contribution < -0.4 is 15.4 Å². The molecule has 2 rings (SSSR count). The Labute approximate surface area is 176 Å². The van der Waals surface area contributed by atoms with Crippen LogP contribution in [-0.4, -0.2) is 26.3 Å². The standard InChI is InChI=1S/C21H26FN3O4S/c1-14(2)11-20(26)24-17-8-6-7-16(12-17)13-23-21(27)15(3)25-30(28,29)19-10-5-4-9-18(19)22/h4-10,12,14-15,25H,11,13H2,1-3H3,(H,23,27)(H,24,26)/t15-/m0/s1. The van der Waals surface area contributed by atoms with Crippen LogP contribution in [0.2, 0.25) is 0 Å². The van der Waals surface area contributed by atoms with Crippen molar-refractivity contribution in [3.05, 3.63) is 59.9 Å². The lowest BCUT2D eigenvalue weighted by molar-refractivity contribution is -0.122. The molecule has 0 radical (unpaired) electrons. The van der Waals surface area contributed by atoms with Gasteiger partial charge in [-0.3, -0.25) is 9.59 Å². The Morgan fingerprint density at radius 2 is 1.73 bits per heavy atom. The third-order valence-corrected chi connectivity index (χ3v) is 5.70. The topological polar surface area (TPSA) is 104 Å². The zero-order chi connectivity index (χ0) is 22.3. The van der Waals surface area contributed by atoms with Gasteiger partial charge in [-0.15, -0.1) is 0 Å². The van der Waals surface area contributed by atoms with Crippen molar-refractivity contribution in [2.45, 2.75) is 44.7 Å². The Bertz CT molecular complexity index is 1010. The fraction of sp³-hybridized carbons (Fsp3) is 0.333. The largest absolute Gasteiger partial charge is 0.351 e. The molecule has 2 aromatic rings. The Hall–Kier alpha value is -2.78. The molecule has 0 fully saturated rings. The highest BCUT2D eigenvalue weighted by atomic mass is 32.2. The van der Waals surface area contributed by atoms with Gasteiger partial charge < -0.3 is 10.6 Å². The maximum absolute atomic E-state index is 13.8. The minimum atomic E-state index is -4.18. The lowest BCUT2D eigenvalue weighted by Crippen LogP contribution is -2.44. The van der Waals surface area contributed by atoms with Crippen LogP contribution in [0.25, 0.3) is 0 Å². The Morgan fingerprint density at radius 3 is 2.40 bits per heavy atom. The first kappa shape index (κ1) is 23.5. The second-order valence-corrected chi connectivity index (χ2v) is 9.02. The maximum atomic E-state index is 13.8. The number of rotatable bonds is 9. The van der Waals surface area contributed by atoms with Crippen molar-refractivity contribution in [3.8, 4) is 0 Å². The number of halogens is 1. The number of carbonyl (C=O) groups is 2. The molecule has 0 unspecified atom stereocenters. The van der Waals surface area contributed by atoms with E-state index in [1.54, 1.807) is 24.3 Å². The summed E-state index contributed by atoms with van der Waals surface area (Å²) in [5.74, 6) is -1.32. The average molecular weight is 436 g/mol. The van der Waals surface area contributed by atoms with Gasteiger partial charge in [0.2, 0.25) is 21.8 Å². The summed E-state index contributed by atoms with van der Waals surface area (Å²) in [6, 6.07) is 10.8. The molecule has 162 valence electrons. The van der Waals surface area contributed by atoms with Crippen LogP contribution >= 0.6 is 0 Å². The van der Waals surface area contributed by atoms with Crippen molar-refractivity contribution < 1.29 is 22.4 Å². The summed E-state index contributed by atoms with van der Waals surface area (Å²) in [6.07, 6.45) is 0.403. The first-order valence-corrected chi connectivity index (χ1v) is 11.0. The number of hydrogen-bond donors (Lipinski definition) is 3. The molecule has 2 aromatic carbocycles. The van der Waals surface area contributed by atoms with Crippen LogP contribution in [0.15, 0.2) is 53.4 Å². The van der Waals surface area contributed by atoms with Crippen LogP contribution in [0.4, 0.5) is 10.1 Å². The normalized spacial score (nSPS) is 12.4. The van der Waals surface area contributed by atoms with E-state index in [0.717, 1.165) is 17.7 Å². The number of sulfonamides is 1. The summed E-state index contributed by atoms with van der Waals surface area (Å²) in [6.45, 7) is 5.41. The average Bonchev–Trinajstić information content (AvgIpc) is 2.65. The van der Waals surface area contributed by atoms with Crippen LogP contribution in [-0.2, 0) is 26.2 Å². The molecule has 0 spiro atoms. The van der Waals surface area contributed by atoms with Gasteiger partial charge in [0.1, 0.15) is 10.7 Å². The van der Waals surface area contributed by atoms with E-state index in [2.05, 4.69) is 15.4 Å². The molecule has 0 aliphatic carbocycles. The molecule has 30 heavy (non-hydrogen) atoms. The van der Waals surface area contributed by atoms with Gasteiger partial charge in [-0.05, 0) is 42.7 Å². The molecule has 7 nitrogen and oxygen atoms in total. The molecule has 3 N–H and O–H groups in total. The summed E-state index contributed by atoms with van der Waals surface area (Å²) in [5.41, 5.74) is 1.34. The fourth-order valence-electron chi connectivity index (χ4n) is 2.70. The lowest BCUT2D eigenvalue weighted by atomic mass is 10.1. The number of carbonyl (C=O) groups excluding carboxylic acids is 2.